The number of aromatic nitrogens is 1. The first kappa shape index (κ1) is 18.1. The third kappa shape index (κ3) is 5.16. The lowest BCUT2D eigenvalue weighted by Gasteiger charge is -2.11. The molecule has 0 unspecified atom stereocenters. The molecule has 2 aromatic rings. The Morgan fingerprint density at radius 1 is 1.29 bits per heavy atom. The molecule has 1 aromatic carbocycles. The van der Waals surface area contributed by atoms with Gasteiger partial charge in [-0.1, -0.05) is 6.07 Å². The van der Waals surface area contributed by atoms with Crippen LogP contribution in [0.25, 0.3) is 0 Å². The van der Waals surface area contributed by atoms with Crippen molar-refractivity contribution in [2.24, 2.45) is 4.99 Å². The maximum absolute atomic E-state index is 13.6. The van der Waals surface area contributed by atoms with Gasteiger partial charge in [-0.3, -0.25) is 4.99 Å². The molecule has 0 radical (unpaired) electrons. The van der Waals surface area contributed by atoms with Gasteiger partial charge in [-0.05, 0) is 18.1 Å². The summed E-state index contributed by atoms with van der Waals surface area (Å²) in [6, 6.07) is 3.61. The van der Waals surface area contributed by atoms with E-state index >= 15 is 0 Å². The Hall–Kier alpha value is -2.22. The molecule has 0 amide bonds. The minimum atomic E-state index is -0.568. The Bertz CT molecular complexity index is 700. The van der Waals surface area contributed by atoms with Crippen LogP contribution in [0.1, 0.15) is 11.3 Å². The van der Waals surface area contributed by atoms with Crippen LogP contribution in [-0.4, -0.2) is 38.6 Å². The Kier molecular flexibility index (Phi) is 6.48. The van der Waals surface area contributed by atoms with E-state index in [-0.39, 0.29) is 0 Å². The fourth-order valence-electron chi connectivity index (χ4n) is 2.02. The van der Waals surface area contributed by atoms with Gasteiger partial charge in [-0.15, -0.1) is 11.3 Å². The number of thiazole rings is 1. The Morgan fingerprint density at radius 2 is 2.08 bits per heavy atom. The van der Waals surface area contributed by atoms with Crippen molar-refractivity contribution in [1.29, 1.82) is 0 Å². The molecule has 0 bridgehead atoms. The van der Waals surface area contributed by atoms with Crippen molar-refractivity contribution in [2.75, 3.05) is 32.6 Å². The van der Waals surface area contributed by atoms with Gasteiger partial charge in [0.2, 0.25) is 0 Å². The number of rotatable bonds is 6. The SMILES string of the molecule is CN=C(NCCc1ccc(F)cc1F)NCc1csc(N(C)C)n1. The number of benzene rings is 1. The van der Waals surface area contributed by atoms with E-state index in [9.17, 15) is 8.78 Å². The first-order valence-corrected chi connectivity index (χ1v) is 8.37. The van der Waals surface area contributed by atoms with E-state index in [4.69, 9.17) is 0 Å². The summed E-state index contributed by atoms with van der Waals surface area (Å²) in [4.78, 5) is 10.6. The lowest BCUT2D eigenvalue weighted by molar-refractivity contribution is 0.570. The van der Waals surface area contributed by atoms with Crippen LogP contribution in [0.4, 0.5) is 13.9 Å². The summed E-state index contributed by atoms with van der Waals surface area (Å²) in [6.07, 6.45) is 0.439. The second-order valence-electron chi connectivity index (χ2n) is 5.35. The molecule has 1 heterocycles. The second kappa shape index (κ2) is 8.58. The lowest BCUT2D eigenvalue weighted by atomic mass is 10.1. The van der Waals surface area contributed by atoms with Crippen LogP contribution in [0, 0.1) is 11.6 Å². The van der Waals surface area contributed by atoms with Crippen LogP contribution in [0.5, 0.6) is 0 Å². The van der Waals surface area contributed by atoms with Crippen LogP contribution < -0.4 is 15.5 Å². The fourth-order valence-corrected chi connectivity index (χ4v) is 2.78. The van der Waals surface area contributed by atoms with Gasteiger partial charge in [0, 0.05) is 39.1 Å². The van der Waals surface area contributed by atoms with Crippen molar-refractivity contribution >= 4 is 22.4 Å². The van der Waals surface area contributed by atoms with Crippen LogP contribution in [-0.2, 0) is 13.0 Å². The zero-order chi connectivity index (χ0) is 17.5. The van der Waals surface area contributed by atoms with Gasteiger partial charge in [0.25, 0.3) is 0 Å². The van der Waals surface area contributed by atoms with Gasteiger partial charge in [-0.25, -0.2) is 13.8 Å². The number of nitrogens with one attached hydrogen (secondary N) is 2. The summed E-state index contributed by atoms with van der Waals surface area (Å²) >= 11 is 1.58. The summed E-state index contributed by atoms with van der Waals surface area (Å²) in [5.41, 5.74) is 1.39. The quantitative estimate of drug-likeness (QED) is 0.619. The van der Waals surface area contributed by atoms with Crippen molar-refractivity contribution in [3.05, 3.63) is 46.5 Å². The molecule has 0 aliphatic rings. The minimum Gasteiger partial charge on any atom is -0.356 e. The highest BCUT2D eigenvalue weighted by Gasteiger charge is 2.06. The molecule has 0 saturated carbocycles. The summed E-state index contributed by atoms with van der Waals surface area (Å²) in [5.74, 6) is -0.489. The summed E-state index contributed by atoms with van der Waals surface area (Å²) in [7, 11) is 5.57. The van der Waals surface area contributed by atoms with E-state index in [2.05, 4.69) is 20.6 Å². The smallest absolute Gasteiger partial charge is 0.191 e. The van der Waals surface area contributed by atoms with Gasteiger partial charge in [0.05, 0.1) is 12.2 Å². The summed E-state index contributed by atoms with van der Waals surface area (Å²) in [6.45, 7) is 1.04. The predicted octanol–water partition coefficient (Wildman–Crippen LogP) is 2.40. The van der Waals surface area contributed by atoms with Crippen molar-refractivity contribution in [1.82, 2.24) is 15.6 Å². The molecule has 5 nitrogen and oxygen atoms in total. The molecule has 130 valence electrons. The van der Waals surface area contributed by atoms with Crippen molar-refractivity contribution in [3.8, 4) is 0 Å². The molecule has 2 N–H and O–H groups in total. The van der Waals surface area contributed by atoms with E-state index in [1.807, 2.05) is 24.4 Å². The van der Waals surface area contributed by atoms with Gasteiger partial charge in [-0.2, -0.15) is 0 Å². The molecule has 0 aliphatic carbocycles. The number of hydrogen-bond acceptors (Lipinski definition) is 4. The van der Waals surface area contributed by atoms with Gasteiger partial charge in [0.15, 0.2) is 11.1 Å². The highest BCUT2D eigenvalue weighted by molar-refractivity contribution is 7.13. The van der Waals surface area contributed by atoms with E-state index in [1.54, 1.807) is 18.4 Å². The molecular weight excluding hydrogens is 332 g/mol. The first-order chi connectivity index (χ1) is 11.5. The predicted molar refractivity (Wildman–Crippen MR) is 94.7 cm³/mol. The number of anilines is 1. The second-order valence-corrected chi connectivity index (χ2v) is 6.19. The van der Waals surface area contributed by atoms with E-state index in [0.29, 0.717) is 31.0 Å². The van der Waals surface area contributed by atoms with Crippen LogP contribution in [0.2, 0.25) is 0 Å². The van der Waals surface area contributed by atoms with Gasteiger partial charge >= 0.3 is 0 Å². The molecular formula is C16H21F2N5S. The molecule has 8 heteroatoms. The number of nitrogens with zero attached hydrogens (tertiary/aromatic N) is 3. The Labute approximate surface area is 144 Å². The molecule has 2 rings (SSSR count). The molecule has 0 spiro atoms. The average molecular weight is 353 g/mol. The number of halogens is 2. The molecule has 0 saturated heterocycles. The van der Waals surface area contributed by atoms with Crippen molar-refractivity contribution < 1.29 is 8.78 Å². The largest absolute Gasteiger partial charge is 0.356 e. The van der Waals surface area contributed by atoms with Crippen molar-refractivity contribution in [3.63, 3.8) is 0 Å². The lowest BCUT2D eigenvalue weighted by Crippen LogP contribution is -2.38. The Balaban J connectivity index is 1.79. The normalized spacial score (nSPS) is 11.5. The highest BCUT2D eigenvalue weighted by atomic mass is 32.1. The molecule has 0 atom stereocenters. The van der Waals surface area contributed by atoms with Crippen LogP contribution in [0.15, 0.2) is 28.6 Å². The number of guanidine groups is 1. The van der Waals surface area contributed by atoms with Gasteiger partial charge < -0.3 is 15.5 Å². The average Bonchev–Trinajstić information content (AvgIpc) is 3.01. The summed E-state index contributed by atoms with van der Waals surface area (Å²) < 4.78 is 26.4. The van der Waals surface area contributed by atoms with Gasteiger partial charge in [0.1, 0.15) is 11.6 Å². The third-order valence-corrected chi connectivity index (χ3v) is 4.34. The number of hydrogen-bond donors (Lipinski definition) is 2. The maximum Gasteiger partial charge on any atom is 0.191 e. The molecule has 24 heavy (non-hydrogen) atoms. The third-order valence-electron chi connectivity index (χ3n) is 3.28. The maximum atomic E-state index is 13.6. The zero-order valence-electron chi connectivity index (χ0n) is 13.9. The van der Waals surface area contributed by atoms with Crippen LogP contribution >= 0.6 is 11.3 Å². The highest BCUT2D eigenvalue weighted by Crippen LogP contribution is 2.17. The monoisotopic (exact) mass is 353 g/mol. The minimum absolute atomic E-state index is 0.439. The van der Waals surface area contributed by atoms with E-state index in [0.717, 1.165) is 16.9 Å². The molecule has 1 aromatic heterocycles. The van der Waals surface area contributed by atoms with E-state index in [1.165, 1.54) is 12.1 Å². The summed E-state index contributed by atoms with van der Waals surface area (Å²) in [5, 5.41) is 9.20. The Morgan fingerprint density at radius 3 is 2.71 bits per heavy atom. The topological polar surface area (TPSA) is 52.6 Å². The zero-order valence-corrected chi connectivity index (χ0v) is 14.8. The standard InChI is InChI=1S/C16H21F2N5S/c1-19-15(21-9-13-10-24-16(22-13)23(2)3)20-7-6-11-4-5-12(17)8-14(11)18/h4-5,8,10H,6-7,9H2,1-3H3,(H2,19,20,21). The van der Waals surface area contributed by atoms with Crippen LogP contribution in [0.3, 0.4) is 0 Å². The number of aliphatic imine (C=N–C) groups is 1. The van der Waals surface area contributed by atoms with Crippen molar-refractivity contribution in [2.45, 2.75) is 13.0 Å². The first-order valence-electron chi connectivity index (χ1n) is 7.49. The fraction of sp³-hybridized carbons (Fsp3) is 0.375. The van der Waals surface area contributed by atoms with E-state index < -0.39 is 11.6 Å². The molecule has 0 aliphatic heterocycles. The molecule has 0 fully saturated rings.